The molecule has 0 aliphatic rings. The number of nitrogens with zero attached hydrogens (tertiary/aromatic N) is 2. The third kappa shape index (κ3) is 3.45. The standard InChI is InChI=1S/C10H16N4O4/c1-6-7(4-12-14(6)2)3-11-10(18)13-8(5-15)9(16)17/h4,8,15H,3,5H2,1-2H3,(H,16,17)(H2,11,13,18). The van der Waals surface area contributed by atoms with Crippen LogP contribution in [0.3, 0.4) is 0 Å². The van der Waals surface area contributed by atoms with E-state index in [1.807, 2.05) is 6.92 Å². The molecule has 18 heavy (non-hydrogen) atoms. The average molecular weight is 256 g/mol. The molecule has 2 amide bonds. The van der Waals surface area contributed by atoms with Gasteiger partial charge in [-0.3, -0.25) is 4.68 Å². The van der Waals surface area contributed by atoms with E-state index in [1.165, 1.54) is 0 Å². The van der Waals surface area contributed by atoms with Crippen LogP contribution in [0.1, 0.15) is 11.3 Å². The molecule has 8 heteroatoms. The van der Waals surface area contributed by atoms with Gasteiger partial charge in [0.15, 0.2) is 6.04 Å². The van der Waals surface area contributed by atoms with Gasteiger partial charge in [0.05, 0.1) is 12.8 Å². The molecule has 100 valence electrons. The van der Waals surface area contributed by atoms with Crippen LogP contribution in [-0.4, -0.2) is 44.6 Å². The van der Waals surface area contributed by atoms with Crippen LogP contribution in [0.15, 0.2) is 6.20 Å². The molecule has 1 atom stereocenters. The van der Waals surface area contributed by atoms with E-state index < -0.39 is 24.6 Å². The highest BCUT2D eigenvalue weighted by molar-refractivity contribution is 5.82. The zero-order valence-corrected chi connectivity index (χ0v) is 10.2. The molecule has 0 fully saturated rings. The van der Waals surface area contributed by atoms with Crippen molar-refractivity contribution in [3.8, 4) is 0 Å². The Morgan fingerprint density at radius 2 is 2.22 bits per heavy atom. The summed E-state index contributed by atoms with van der Waals surface area (Å²) in [5, 5.41) is 26.0. The van der Waals surface area contributed by atoms with E-state index in [9.17, 15) is 9.59 Å². The molecule has 0 bridgehead atoms. The summed E-state index contributed by atoms with van der Waals surface area (Å²) in [4.78, 5) is 22.0. The van der Waals surface area contributed by atoms with Crippen molar-refractivity contribution in [2.24, 2.45) is 7.05 Å². The van der Waals surface area contributed by atoms with E-state index in [0.717, 1.165) is 11.3 Å². The fraction of sp³-hybridized carbons (Fsp3) is 0.500. The lowest BCUT2D eigenvalue weighted by Crippen LogP contribution is -2.47. The van der Waals surface area contributed by atoms with Gasteiger partial charge in [0.25, 0.3) is 0 Å². The van der Waals surface area contributed by atoms with Gasteiger partial charge < -0.3 is 20.8 Å². The first kappa shape index (κ1) is 14.0. The largest absolute Gasteiger partial charge is 0.480 e. The lowest BCUT2D eigenvalue weighted by Gasteiger charge is -2.12. The molecule has 0 radical (unpaired) electrons. The number of urea groups is 1. The number of aliphatic hydroxyl groups is 1. The SMILES string of the molecule is Cc1c(CNC(=O)NC(CO)C(=O)O)cnn1C. The summed E-state index contributed by atoms with van der Waals surface area (Å²) in [7, 11) is 1.78. The number of carbonyl (C=O) groups excluding carboxylic acids is 1. The van der Waals surface area contributed by atoms with Crippen LogP contribution in [0, 0.1) is 6.92 Å². The lowest BCUT2D eigenvalue weighted by atomic mass is 10.2. The Morgan fingerprint density at radius 1 is 1.56 bits per heavy atom. The third-order valence-corrected chi connectivity index (χ3v) is 2.56. The second-order valence-corrected chi connectivity index (χ2v) is 3.78. The first-order valence-electron chi connectivity index (χ1n) is 5.31. The summed E-state index contributed by atoms with van der Waals surface area (Å²) in [6, 6.07) is -1.96. The molecule has 1 rings (SSSR count). The number of aromatic nitrogens is 2. The number of aliphatic carboxylic acids is 1. The Morgan fingerprint density at radius 3 is 2.67 bits per heavy atom. The van der Waals surface area contributed by atoms with E-state index in [1.54, 1.807) is 17.9 Å². The summed E-state index contributed by atoms with van der Waals surface area (Å²) in [5.41, 5.74) is 1.75. The predicted molar refractivity (Wildman–Crippen MR) is 61.8 cm³/mol. The van der Waals surface area contributed by atoms with E-state index in [2.05, 4.69) is 15.7 Å². The highest BCUT2D eigenvalue weighted by atomic mass is 16.4. The van der Waals surface area contributed by atoms with Crippen LogP contribution in [0.2, 0.25) is 0 Å². The van der Waals surface area contributed by atoms with Gasteiger partial charge in [-0.1, -0.05) is 0 Å². The van der Waals surface area contributed by atoms with Crippen molar-refractivity contribution in [2.75, 3.05) is 6.61 Å². The lowest BCUT2D eigenvalue weighted by molar-refractivity contribution is -0.140. The van der Waals surface area contributed by atoms with Crippen LogP contribution in [0.5, 0.6) is 0 Å². The monoisotopic (exact) mass is 256 g/mol. The minimum Gasteiger partial charge on any atom is -0.480 e. The molecule has 1 unspecified atom stereocenters. The van der Waals surface area contributed by atoms with Crippen molar-refractivity contribution in [3.63, 3.8) is 0 Å². The minimum absolute atomic E-state index is 0.239. The molecule has 1 aromatic heterocycles. The number of aryl methyl sites for hydroxylation is 1. The molecular formula is C10H16N4O4. The number of carbonyl (C=O) groups is 2. The number of amides is 2. The molecule has 4 N–H and O–H groups in total. The van der Waals surface area contributed by atoms with E-state index in [-0.39, 0.29) is 6.54 Å². The molecule has 0 aliphatic carbocycles. The molecule has 0 saturated heterocycles. The summed E-state index contributed by atoms with van der Waals surface area (Å²) in [6.07, 6.45) is 1.62. The molecule has 0 spiro atoms. The zero-order chi connectivity index (χ0) is 13.7. The van der Waals surface area contributed by atoms with E-state index in [4.69, 9.17) is 10.2 Å². The van der Waals surface area contributed by atoms with Gasteiger partial charge in [-0.25, -0.2) is 9.59 Å². The number of carboxylic acids is 1. The number of rotatable bonds is 5. The van der Waals surface area contributed by atoms with Crippen molar-refractivity contribution in [1.29, 1.82) is 0 Å². The van der Waals surface area contributed by atoms with Crippen LogP contribution in [0.25, 0.3) is 0 Å². The topological polar surface area (TPSA) is 116 Å². The van der Waals surface area contributed by atoms with Gasteiger partial charge in [-0.05, 0) is 6.92 Å². The van der Waals surface area contributed by atoms with Gasteiger partial charge in [0.1, 0.15) is 0 Å². The van der Waals surface area contributed by atoms with Gasteiger partial charge in [-0.15, -0.1) is 0 Å². The molecule has 8 nitrogen and oxygen atoms in total. The number of hydrogen-bond donors (Lipinski definition) is 4. The molecular weight excluding hydrogens is 240 g/mol. The van der Waals surface area contributed by atoms with Gasteiger partial charge in [0, 0.05) is 24.8 Å². The van der Waals surface area contributed by atoms with Crippen LogP contribution in [-0.2, 0) is 18.4 Å². The maximum atomic E-state index is 11.4. The van der Waals surface area contributed by atoms with Gasteiger partial charge in [-0.2, -0.15) is 5.10 Å². The second-order valence-electron chi connectivity index (χ2n) is 3.78. The number of carboxylic acid groups (broad SMARTS) is 1. The Kier molecular flexibility index (Phi) is 4.67. The van der Waals surface area contributed by atoms with E-state index in [0.29, 0.717) is 0 Å². The van der Waals surface area contributed by atoms with Crippen molar-refractivity contribution in [1.82, 2.24) is 20.4 Å². The van der Waals surface area contributed by atoms with Gasteiger partial charge in [0.2, 0.25) is 0 Å². The summed E-state index contributed by atoms with van der Waals surface area (Å²) >= 11 is 0. The minimum atomic E-state index is -1.31. The van der Waals surface area contributed by atoms with Crippen LogP contribution < -0.4 is 10.6 Å². The Bertz CT molecular complexity index is 443. The van der Waals surface area contributed by atoms with Gasteiger partial charge >= 0.3 is 12.0 Å². The Hall–Kier alpha value is -2.09. The maximum absolute atomic E-state index is 11.4. The van der Waals surface area contributed by atoms with Crippen molar-refractivity contribution in [3.05, 3.63) is 17.5 Å². The molecule has 1 heterocycles. The number of nitrogens with one attached hydrogen (secondary N) is 2. The number of aliphatic hydroxyl groups excluding tert-OH is 1. The quantitative estimate of drug-likeness (QED) is 0.537. The van der Waals surface area contributed by atoms with Crippen LogP contribution in [0.4, 0.5) is 4.79 Å². The van der Waals surface area contributed by atoms with Crippen molar-refractivity contribution >= 4 is 12.0 Å². The second kappa shape index (κ2) is 6.01. The maximum Gasteiger partial charge on any atom is 0.328 e. The van der Waals surface area contributed by atoms with Crippen LogP contribution >= 0.6 is 0 Å². The van der Waals surface area contributed by atoms with E-state index >= 15 is 0 Å². The Labute approximate surface area is 104 Å². The predicted octanol–water partition coefficient (Wildman–Crippen LogP) is -1.03. The zero-order valence-electron chi connectivity index (χ0n) is 10.2. The molecule has 1 aromatic rings. The highest BCUT2D eigenvalue weighted by Gasteiger charge is 2.18. The molecule has 0 saturated carbocycles. The van der Waals surface area contributed by atoms with Crippen molar-refractivity contribution < 1.29 is 19.8 Å². The summed E-state index contributed by atoms with van der Waals surface area (Å²) < 4.78 is 1.67. The number of hydrogen-bond acceptors (Lipinski definition) is 4. The molecule has 0 aromatic carbocycles. The highest BCUT2D eigenvalue weighted by Crippen LogP contribution is 2.04. The smallest absolute Gasteiger partial charge is 0.328 e. The fourth-order valence-corrected chi connectivity index (χ4v) is 1.29. The fourth-order valence-electron chi connectivity index (χ4n) is 1.29. The Balaban J connectivity index is 2.46. The third-order valence-electron chi connectivity index (χ3n) is 2.56. The average Bonchev–Trinajstić information content (AvgIpc) is 2.64. The summed E-state index contributed by atoms with van der Waals surface area (Å²) in [5.74, 6) is -1.29. The molecule has 0 aliphatic heterocycles. The first-order chi connectivity index (χ1) is 8.45. The normalized spacial score (nSPS) is 11.9. The van der Waals surface area contributed by atoms with Crippen molar-refractivity contribution in [2.45, 2.75) is 19.5 Å². The summed E-state index contributed by atoms with van der Waals surface area (Å²) in [6.45, 7) is 1.44. The first-order valence-corrected chi connectivity index (χ1v) is 5.31.